The molecule has 1 rings (SSSR count). The van der Waals surface area contributed by atoms with Crippen molar-refractivity contribution in [3.8, 4) is 0 Å². The smallest absolute Gasteiger partial charge is 0.319 e. The lowest BCUT2D eigenvalue weighted by Crippen LogP contribution is -2.47. The number of carbonyl (C=O) groups excluding carboxylic acids is 1. The normalized spacial score (nSPS) is 13.3. The summed E-state index contributed by atoms with van der Waals surface area (Å²) in [5.74, 6) is -1.49. The number of ether oxygens (including phenoxy) is 1. The van der Waals surface area contributed by atoms with Crippen molar-refractivity contribution < 1.29 is 18.9 Å². The Bertz CT molecular complexity index is 606. The monoisotopic (exact) mass is 395 g/mol. The first-order chi connectivity index (χ1) is 12.6. The van der Waals surface area contributed by atoms with E-state index in [0.717, 1.165) is 5.56 Å². The van der Waals surface area contributed by atoms with Crippen molar-refractivity contribution in [3.63, 3.8) is 0 Å². The molecule has 0 heterocycles. The Balaban J connectivity index is 2.98. The number of carbonyl (C=O) groups is 1. The fraction of sp³-hybridized carbons (Fsp3) is 0.650. The van der Waals surface area contributed by atoms with Crippen LogP contribution in [0.4, 0.5) is 0 Å². The molecule has 1 aromatic carbocycles. The van der Waals surface area contributed by atoms with E-state index in [4.69, 9.17) is 9.16 Å². The molecule has 0 radical (unpaired) electrons. The maximum Gasteiger partial charge on any atom is 0.319 e. The predicted molar refractivity (Wildman–Crippen MR) is 109 cm³/mol. The largest absolute Gasteiger partial charge is 0.468 e. The number of nitrogens with zero attached hydrogens (tertiary/aromatic N) is 1. The van der Waals surface area contributed by atoms with Crippen LogP contribution in [0, 0.1) is 10.1 Å². The van der Waals surface area contributed by atoms with E-state index in [1.165, 1.54) is 7.11 Å². The number of hydrogen-bond acceptors (Lipinski definition) is 5. The fourth-order valence-electron chi connectivity index (χ4n) is 4.16. The highest BCUT2D eigenvalue weighted by Crippen LogP contribution is 2.42. The second-order valence-corrected chi connectivity index (χ2v) is 13.4. The van der Waals surface area contributed by atoms with Gasteiger partial charge in [-0.1, -0.05) is 65.8 Å². The molecule has 152 valence electrons. The molecule has 0 spiro atoms. The average molecular weight is 396 g/mol. The van der Waals surface area contributed by atoms with E-state index in [2.05, 4.69) is 41.5 Å². The van der Waals surface area contributed by atoms with Gasteiger partial charge in [0, 0.05) is 4.92 Å². The van der Waals surface area contributed by atoms with Gasteiger partial charge in [-0.3, -0.25) is 14.9 Å². The predicted octanol–water partition coefficient (Wildman–Crippen LogP) is 4.91. The summed E-state index contributed by atoms with van der Waals surface area (Å²) in [5.41, 5.74) is 3.09. The van der Waals surface area contributed by atoms with Gasteiger partial charge in [-0.15, -0.1) is 0 Å². The van der Waals surface area contributed by atoms with Crippen LogP contribution >= 0.6 is 0 Å². The maximum atomic E-state index is 11.9. The number of rotatable bonds is 10. The number of esters is 1. The Kier molecular flexibility index (Phi) is 8.62. The molecule has 0 aliphatic heterocycles. The van der Waals surface area contributed by atoms with E-state index in [9.17, 15) is 14.9 Å². The highest BCUT2D eigenvalue weighted by molar-refractivity contribution is 6.77. The third kappa shape index (κ3) is 5.62. The van der Waals surface area contributed by atoms with Gasteiger partial charge in [0.1, 0.15) is 5.92 Å². The molecule has 0 fully saturated rings. The van der Waals surface area contributed by atoms with Crippen molar-refractivity contribution >= 4 is 14.3 Å². The zero-order chi connectivity index (χ0) is 20.8. The van der Waals surface area contributed by atoms with Crippen molar-refractivity contribution in [2.75, 3.05) is 13.7 Å². The van der Waals surface area contributed by atoms with Crippen LogP contribution in [0.25, 0.3) is 0 Å². The molecule has 1 aromatic rings. The van der Waals surface area contributed by atoms with Crippen LogP contribution in [-0.4, -0.2) is 32.9 Å². The number of nitro groups is 1. The lowest BCUT2D eigenvalue weighted by molar-refractivity contribution is -0.481. The summed E-state index contributed by atoms with van der Waals surface area (Å²) in [7, 11) is -0.713. The molecule has 0 amide bonds. The van der Waals surface area contributed by atoms with Gasteiger partial charge in [0.15, 0.2) is 0 Å². The van der Waals surface area contributed by atoms with E-state index in [1.807, 2.05) is 12.1 Å². The summed E-state index contributed by atoms with van der Waals surface area (Å²) in [5, 5.41) is 10.9. The molecule has 0 aliphatic rings. The van der Waals surface area contributed by atoms with Crippen molar-refractivity contribution in [2.45, 2.75) is 70.7 Å². The number of hydrogen-bond donors (Lipinski definition) is 0. The third-order valence-electron chi connectivity index (χ3n) is 5.40. The van der Waals surface area contributed by atoms with Gasteiger partial charge in [0.2, 0.25) is 14.9 Å². The molecule has 7 heteroatoms. The molecular weight excluding hydrogens is 362 g/mol. The zero-order valence-corrected chi connectivity index (χ0v) is 18.5. The van der Waals surface area contributed by atoms with Gasteiger partial charge in [-0.2, -0.15) is 0 Å². The minimum atomic E-state index is -1.95. The summed E-state index contributed by atoms with van der Waals surface area (Å²) in [6.07, 6.45) is 0. The van der Waals surface area contributed by atoms with Crippen molar-refractivity contribution in [2.24, 2.45) is 0 Å². The summed E-state index contributed by atoms with van der Waals surface area (Å²) in [6, 6.07) is 7.27. The van der Waals surface area contributed by atoms with Crippen LogP contribution in [0.15, 0.2) is 24.3 Å². The molecule has 0 aliphatic carbocycles. The summed E-state index contributed by atoms with van der Waals surface area (Å²) in [4.78, 5) is 22.2. The van der Waals surface area contributed by atoms with E-state index >= 15 is 0 Å². The molecular formula is C20H33NO5Si. The molecule has 6 nitrogen and oxygen atoms in total. The second kappa shape index (κ2) is 9.99. The first-order valence-corrected chi connectivity index (χ1v) is 11.6. The summed E-state index contributed by atoms with van der Waals surface area (Å²) < 4.78 is 11.3. The van der Waals surface area contributed by atoms with Crippen molar-refractivity contribution in [1.29, 1.82) is 0 Å². The molecule has 0 saturated carbocycles. The van der Waals surface area contributed by atoms with Gasteiger partial charge in [-0.05, 0) is 27.8 Å². The Labute approximate surface area is 163 Å². The highest BCUT2D eigenvalue weighted by atomic mass is 28.4. The van der Waals surface area contributed by atoms with Gasteiger partial charge < -0.3 is 9.16 Å². The van der Waals surface area contributed by atoms with Gasteiger partial charge in [0.25, 0.3) is 0 Å². The topological polar surface area (TPSA) is 78.7 Å². The third-order valence-corrected chi connectivity index (χ3v) is 11.5. The molecule has 0 aromatic heterocycles. The molecule has 0 saturated heterocycles. The minimum Gasteiger partial charge on any atom is -0.468 e. The average Bonchev–Trinajstić information content (AvgIpc) is 2.59. The number of methoxy groups -OCH3 is 1. The van der Waals surface area contributed by atoms with E-state index in [0.29, 0.717) is 28.8 Å². The SMILES string of the molecule is COC(=O)C(C[N+](=O)[O-])c1ccc(CO[Si](C(C)C)(C(C)C)C(C)C)cc1. The lowest BCUT2D eigenvalue weighted by Gasteiger charge is -2.42. The summed E-state index contributed by atoms with van der Waals surface area (Å²) in [6.45, 7) is 13.5. The Morgan fingerprint density at radius 1 is 1.04 bits per heavy atom. The molecule has 0 N–H and O–H groups in total. The van der Waals surface area contributed by atoms with Crippen LogP contribution in [0.5, 0.6) is 0 Å². The van der Waals surface area contributed by atoms with Crippen molar-refractivity contribution in [3.05, 3.63) is 45.5 Å². The quantitative estimate of drug-likeness (QED) is 0.243. The van der Waals surface area contributed by atoms with E-state index in [-0.39, 0.29) is 0 Å². The second-order valence-electron chi connectivity index (χ2n) is 7.94. The van der Waals surface area contributed by atoms with Gasteiger partial charge in [-0.25, -0.2) is 0 Å². The van der Waals surface area contributed by atoms with Crippen LogP contribution in [0.3, 0.4) is 0 Å². The molecule has 0 bridgehead atoms. The molecule has 1 unspecified atom stereocenters. The van der Waals surface area contributed by atoms with Gasteiger partial charge in [0.05, 0.1) is 13.7 Å². The first kappa shape index (κ1) is 23.3. The first-order valence-electron chi connectivity index (χ1n) is 9.48. The summed E-state index contributed by atoms with van der Waals surface area (Å²) >= 11 is 0. The van der Waals surface area contributed by atoms with Gasteiger partial charge >= 0.3 is 5.97 Å². The standard InChI is InChI=1S/C20H33NO5Si/c1-14(2)27(15(3)4,16(5)6)26-13-17-8-10-18(11-9-17)19(12-21(23)24)20(22)25-7/h8-11,14-16,19H,12-13H2,1-7H3. The van der Waals surface area contributed by atoms with Crippen LogP contribution in [0.1, 0.15) is 58.6 Å². The number of benzene rings is 1. The lowest BCUT2D eigenvalue weighted by atomic mass is 9.98. The van der Waals surface area contributed by atoms with Crippen LogP contribution in [-0.2, 0) is 20.6 Å². The Morgan fingerprint density at radius 3 is 1.89 bits per heavy atom. The highest BCUT2D eigenvalue weighted by Gasteiger charge is 2.44. The maximum absolute atomic E-state index is 11.9. The van der Waals surface area contributed by atoms with E-state index < -0.39 is 31.7 Å². The molecule has 27 heavy (non-hydrogen) atoms. The Morgan fingerprint density at radius 2 is 1.52 bits per heavy atom. The Hall–Kier alpha value is -1.73. The minimum absolute atomic E-state index is 0.480. The van der Waals surface area contributed by atoms with Crippen LogP contribution < -0.4 is 0 Å². The fourth-order valence-corrected chi connectivity index (χ4v) is 9.58. The molecule has 1 atom stereocenters. The van der Waals surface area contributed by atoms with E-state index in [1.54, 1.807) is 12.1 Å². The van der Waals surface area contributed by atoms with Crippen LogP contribution in [0.2, 0.25) is 16.6 Å². The van der Waals surface area contributed by atoms with Crippen molar-refractivity contribution in [1.82, 2.24) is 0 Å². The zero-order valence-electron chi connectivity index (χ0n) is 17.5.